The minimum atomic E-state index is 0.00628. The molecule has 106 valence electrons. The van der Waals surface area contributed by atoms with Crippen molar-refractivity contribution in [1.82, 2.24) is 15.3 Å². The van der Waals surface area contributed by atoms with Crippen molar-refractivity contribution < 1.29 is 0 Å². The number of hydrogen-bond donors (Lipinski definition) is 2. The van der Waals surface area contributed by atoms with Crippen LogP contribution in [0.5, 0.6) is 0 Å². The third-order valence-corrected chi connectivity index (χ3v) is 3.67. The molecule has 0 aliphatic rings. The summed E-state index contributed by atoms with van der Waals surface area (Å²) >= 11 is 3.47. The lowest BCUT2D eigenvalue weighted by atomic mass is 10.1. The highest BCUT2D eigenvalue weighted by atomic mass is 79.9. The molecule has 0 aliphatic carbocycles. The van der Waals surface area contributed by atoms with Crippen molar-refractivity contribution in [1.29, 1.82) is 0 Å². The van der Waals surface area contributed by atoms with Gasteiger partial charge in [-0.15, -0.1) is 0 Å². The Morgan fingerprint density at radius 3 is 2.45 bits per heavy atom. The molecule has 1 aromatic heterocycles. The Kier molecular flexibility index (Phi) is 4.73. The fourth-order valence-electron chi connectivity index (χ4n) is 1.62. The van der Waals surface area contributed by atoms with Gasteiger partial charge in [0.15, 0.2) is 0 Å². The number of aromatic nitrogens is 2. The zero-order valence-corrected chi connectivity index (χ0v) is 13.5. The number of nitrogens with zero attached hydrogens (tertiary/aromatic N) is 2. The van der Waals surface area contributed by atoms with Gasteiger partial charge in [0, 0.05) is 34.5 Å². The number of halogens is 1. The zero-order valence-electron chi connectivity index (χ0n) is 11.9. The van der Waals surface area contributed by atoms with Crippen LogP contribution in [-0.2, 0) is 0 Å². The Labute approximate surface area is 128 Å². The number of likely N-dealkylation sites (N-methyl/N-ethyl adjacent to an activating group) is 1. The first-order valence-electron chi connectivity index (χ1n) is 6.51. The van der Waals surface area contributed by atoms with Crippen LogP contribution in [0.2, 0.25) is 0 Å². The van der Waals surface area contributed by atoms with Gasteiger partial charge in [-0.05, 0) is 38.6 Å². The van der Waals surface area contributed by atoms with Crippen LogP contribution in [0.3, 0.4) is 0 Å². The molecule has 1 heterocycles. The highest BCUT2D eigenvalue weighted by Gasteiger charge is 2.14. The lowest BCUT2D eigenvalue weighted by Gasteiger charge is -2.24. The lowest BCUT2D eigenvalue weighted by molar-refractivity contribution is 0.447. The van der Waals surface area contributed by atoms with Gasteiger partial charge < -0.3 is 10.6 Å². The molecule has 2 N–H and O–H groups in total. The van der Waals surface area contributed by atoms with Crippen LogP contribution in [0.1, 0.15) is 13.8 Å². The summed E-state index contributed by atoms with van der Waals surface area (Å²) < 4.78 is 1.05. The van der Waals surface area contributed by atoms with Crippen LogP contribution >= 0.6 is 15.9 Å². The predicted octanol–water partition coefficient (Wildman–Crippen LogP) is 3.32. The highest BCUT2D eigenvalue weighted by molar-refractivity contribution is 9.10. The normalized spacial score (nSPS) is 11.4. The van der Waals surface area contributed by atoms with Crippen LogP contribution < -0.4 is 10.6 Å². The molecule has 5 heteroatoms. The molecule has 0 unspecified atom stereocenters. The van der Waals surface area contributed by atoms with Gasteiger partial charge >= 0.3 is 0 Å². The van der Waals surface area contributed by atoms with Gasteiger partial charge in [-0.1, -0.05) is 28.1 Å². The summed E-state index contributed by atoms with van der Waals surface area (Å²) in [5, 5.41) is 6.46. The predicted molar refractivity (Wildman–Crippen MR) is 86.8 cm³/mol. The molecule has 2 rings (SSSR count). The van der Waals surface area contributed by atoms with E-state index in [0.29, 0.717) is 5.95 Å². The number of hydrogen-bond acceptors (Lipinski definition) is 4. The van der Waals surface area contributed by atoms with E-state index in [-0.39, 0.29) is 5.54 Å². The van der Waals surface area contributed by atoms with Crippen molar-refractivity contribution in [2.24, 2.45) is 0 Å². The molecule has 0 atom stereocenters. The van der Waals surface area contributed by atoms with Gasteiger partial charge in [0.05, 0.1) is 0 Å². The lowest BCUT2D eigenvalue weighted by Crippen LogP contribution is -2.43. The van der Waals surface area contributed by atoms with Gasteiger partial charge in [-0.3, -0.25) is 0 Å². The first-order valence-corrected chi connectivity index (χ1v) is 7.30. The van der Waals surface area contributed by atoms with E-state index in [4.69, 9.17) is 0 Å². The molecular formula is C15H19BrN4. The van der Waals surface area contributed by atoms with E-state index in [1.165, 1.54) is 0 Å². The quantitative estimate of drug-likeness (QED) is 0.880. The van der Waals surface area contributed by atoms with Gasteiger partial charge in [-0.2, -0.15) is 0 Å². The van der Waals surface area contributed by atoms with E-state index in [9.17, 15) is 0 Å². The summed E-state index contributed by atoms with van der Waals surface area (Å²) in [4.78, 5) is 8.71. The van der Waals surface area contributed by atoms with Gasteiger partial charge in [-0.25, -0.2) is 9.97 Å². The third kappa shape index (κ3) is 4.02. The number of nitrogens with one attached hydrogen (secondary N) is 2. The Morgan fingerprint density at radius 2 is 1.85 bits per heavy atom. The van der Waals surface area contributed by atoms with Crippen molar-refractivity contribution in [3.8, 4) is 11.1 Å². The first-order chi connectivity index (χ1) is 9.50. The number of rotatable bonds is 5. The molecule has 2 aromatic rings. The van der Waals surface area contributed by atoms with Gasteiger partial charge in [0.1, 0.15) is 0 Å². The SMILES string of the molecule is CNC(C)(C)CNc1ncc(-c2cccc(Br)c2)cn1. The third-order valence-electron chi connectivity index (χ3n) is 3.18. The molecule has 0 saturated heterocycles. The summed E-state index contributed by atoms with van der Waals surface area (Å²) in [5.41, 5.74) is 2.11. The maximum absolute atomic E-state index is 4.36. The summed E-state index contributed by atoms with van der Waals surface area (Å²) in [6.07, 6.45) is 3.67. The molecule has 20 heavy (non-hydrogen) atoms. The van der Waals surface area contributed by atoms with E-state index in [1.807, 2.05) is 37.6 Å². The van der Waals surface area contributed by atoms with E-state index < -0.39 is 0 Å². The standard InChI is InChI=1S/C15H19BrN4/c1-15(2,17-3)10-20-14-18-8-12(9-19-14)11-5-4-6-13(16)7-11/h4-9,17H,10H2,1-3H3,(H,18,19,20). The topological polar surface area (TPSA) is 49.8 Å². The van der Waals surface area contributed by atoms with Crippen molar-refractivity contribution in [3.05, 3.63) is 41.1 Å². The molecule has 0 bridgehead atoms. The Hall–Kier alpha value is -1.46. The van der Waals surface area contributed by atoms with Gasteiger partial charge in [0.2, 0.25) is 5.95 Å². The van der Waals surface area contributed by atoms with Crippen LogP contribution in [-0.4, -0.2) is 29.1 Å². The van der Waals surface area contributed by atoms with E-state index in [0.717, 1.165) is 22.1 Å². The molecule has 0 fully saturated rings. The van der Waals surface area contributed by atoms with Crippen LogP contribution in [0.25, 0.3) is 11.1 Å². The van der Waals surface area contributed by atoms with Crippen molar-refractivity contribution in [2.75, 3.05) is 18.9 Å². The second-order valence-corrected chi connectivity index (χ2v) is 6.21. The fraction of sp³-hybridized carbons (Fsp3) is 0.333. The second-order valence-electron chi connectivity index (χ2n) is 5.29. The summed E-state index contributed by atoms with van der Waals surface area (Å²) in [6.45, 7) is 5.01. The van der Waals surface area contributed by atoms with E-state index >= 15 is 0 Å². The molecule has 0 amide bonds. The van der Waals surface area contributed by atoms with Crippen molar-refractivity contribution in [2.45, 2.75) is 19.4 Å². The Bertz CT molecular complexity index is 566. The maximum Gasteiger partial charge on any atom is 0.222 e. The van der Waals surface area contributed by atoms with E-state index in [2.05, 4.69) is 56.4 Å². The number of benzene rings is 1. The first kappa shape index (κ1) is 14.9. The monoisotopic (exact) mass is 334 g/mol. The molecule has 0 radical (unpaired) electrons. The largest absolute Gasteiger partial charge is 0.352 e. The summed E-state index contributed by atoms with van der Waals surface area (Å²) in [6, 6.07) is 8.09. The second kappa shape index (κ2) is 6.33. The fourth-order valence-corrected chi connectivity index (χ4v) is 2.02. The summed E-state index contributed by atoms with van der Waals surface area (Å²) in [7, 11) is 1.94. The van der Waals surface area contributed by atoms with E-state index in [1.54, 1.807) is 0 Å². The van der Waals surface area contributed by atoms with Crippen LogP contribution in [0.15, 0.2) is 41.1 Å². The van der Waals surface area contributed by atoms with Crippen molar-refractivity contribution >= 4 is 21.9 Å². The molecule has 4 nitrogen and oxygen atoms in total. The van der Waals surface area contributed by atoms with Crippen molar-refractivity contribution in [3.63, 3.8) is 0 Å². The molecule has 0 saturated carbocycles. The Morgan fingerprint density at radius 1 is 1.15 bits per heavy atom. The number of anilines is 1. The molecule has 0 aliphatic heterocycles. The summed E-state index contributed by atoms with van der Waals surface area (Å²) in [5.74, 6) is 0.645. The highest BCUT2D eigenvalue weighted by Crippen LogP contribution is 2.22. The minimum absolute atomic E-state index is 0.00628. The average molecular weight is 335 g/mol. The van der Waals surface area contributed by atoms with Crippen LogP contribution in [0.4, 0.5) is 5.95 Å². The van der Waals surface area contributed by atoms with Crippen LogP contribution in [0, 0.1) is 0 Å². The molecule has 1 aromatic carbocycles. The maximum atomic E-state index is 4.36. The zero-order chi connectivity index (χ0) is 14.6. The minimum Gasteiger partial charge on any atom is -0.352 e. The molecular weight excluding hydrogens is 316 g/mol. The van der Waals surface area contributed by atoms with Gasteiger partial charge in [0.25, 0.3) is 0 Å². The smallest absolute Gasteiger partial charge is 0.222 e. The average Bonchev–Trinajstić information content (AvgIpc) is 2.46. The Balaban J connectivity index is 2.07. The molecule has 0 spiro atoms.